The Morgan fingerprint density at radius 2 is 1.65 bits per heavy atom. The van der Waals surface area contributed by atoms with Crippen LogP contribution in [-0.4, -0.2) is 43.8 Å². The van der Waals surface area contributed by atoms with Crippen molar-refractivity contribution in [1.82, 2.24) is 10.2 Å². The van der Waals surface area contributed by atoms with Gasteiger partial charge in [-0.15, -0.1) is 0 Å². The minimum Gasteiger partial charge on any atom is -0.352 e. The van der Waals surface area contributed by atoms with E-state index in [1.165, 1.54) is 17.0 Å². The first-order chi connectivity index (χ1) is 19.2. The van der Waals surface area contributed by atoms with Gasteiger partial charge in [0.05, 0.1) is 15.6 Å². The topological polar surface area (TPSA) is 86.8 Å². The Balaban J connectivity index is 1.72. The summed E-state index contributed by atoms with van der Waals surface area (Å²) < 4.78 is 28.8. The van der Waals surface area contributed by atoms with Crippen LogP contribution in [0.4, 0.5) is 5.69 Å². The van der Waals surface area contributed by atoms with Gasteiger partial charge in [0.15, 0.2) is 0 Å². The van der Waals surface area contributed by atoms with Crippen molar-refractivity contribution in [3.63, 3.8) is 0 Å². The summed E-state index contributed by atoms with van der Waals surface area (Å²) in [4.78, 5) is 29.2. The molecule has 0 heterocycles. The average Bonchev–Trinajstić information content (AvgIpc) is 3.45. The lowest BCUT2D eigenvalue weighted by atomic mass is 10.1. The van der Waals surface area contributed by atoms with Crippen molar-refractivity contribution in [2.75, 3.05) is 10.8 Å². The van der Waals surface area contributed by atoms with Crippen LogP contribution in [0.5, 0.6) is 0 Å². The predicted octanol–water partition coefficient (Wildman–Crippen LogP) is 5.71. The lowest BCUT2D eigenvalue weighted by molar-refractivity contribution is -0.140. The van der Waals surface area contributed by atoms with Crippen LogP contribution in [0, 0.1) is 6.92 Å². The fraction of sp³-hybridized carbons (Fsp3) is 0.355. The highest BCUT2D eigenvalue weighted by Gasteiger charge is 2.35. The van der Waals surface area contributed by atoms with Crippen LogP contribution in [-0.2, 0) is 26.2 Å². The minimum absolute atomic E-state index is 0.0407. The number of rotatable bonds is 11. The first-order valence-corrected chi connectivity index (χ1v) is 15.5. The van der Waals surface area contributed by atoms with E-state index in [4.69, 9.17) is 11.6 Å². The van der Waals surface area contributed by atoms with E-state index in [9.17, 15) is 18.0 Å². The van der Waals surface area contributed by atoms with Crippen LogP contribution < -0.4 is 9.62 Å². The Morgan fingerprint density at radius 3 is 2.30 bits per heavy atom. The van der Waals surface area contributed by atoms with E-state index in [1.807, 2.05) is 38.1 Å². The number of halogens is 1. The molecule has 212 valence electrons. The molecule has 0 saturated heterocycles. The maximum atomic E-state index is 14.1. The van der Waals surface area contributed by atoms with Crippen molar-refractivity contribution in [3.8, 4) is 0 Å². The van der Waals surface area contributed by atoms with Gasteiger partial charge in [-0.05, 0) is 56.0 Å². The first kappa shape index (κ1) is 29.6. The third kappa shape index (κ3) is 7.04. The first-order valence-electron chi connectivity index (χ1n) is 13.7. The van der Waals surface area contributed by atoms with Gasteiger partial charge in [0.25, 0.3) is 10.0 Å². The van der Waals surface area contributed by atoms with Crippen molar-refractivity contribution < 1.29 is 18.0 Å². The summed E-state index contributed by atoms with van der Waals surface area (Å²) in [5, 5.41) is 3.33. The molecular formula is C31H36ClN3O4S. The summed E-state index contributed by atoms with van der Waals surface area (Å²) in [5.74, 6) is -0.708. The third-order valence-corrected chi connectivity index (χ3v) is 9.35. The summed E-state index contributed by atoms with van der Waals surface area (Å²) >= 11 is 6.46. The largest absolute Gasteiger partial charge is 0.352 e. The van der Waals surface area contributed by atoms with Crippen molar-refractivity contribution in [2.24, 2.45) is 0 Å². The lowest BCUT2D eigenvalue weighted by Gasteiger charge is -2.34. The van der Waals surface area contributed by atoms with Crippen molar-refractivity contribution in [2.45, 2.75) is 69.5 Å². The zero-order valence-corrected chi connectivity index (χ0v) is 24.5. The van der Waals surface area contributed by atoms with Gasteiger partial charge in [-0.1, -0.05) is 91.5 Å². The number of benzene rings is 3. The zero-order chi connectivity index (χ0) is 28.7. The fourth-order valence-electron chi connectivity index (χ4n) is 5.18. The van der Waals surface area contributed by atoms with Gasteiger partial charge in [0.1, 0.15) is 12.6 Å². The zero-order valence-electron chi connectivity index (χ0n) is 22.9. The maximum Gasteiger partial charge on any atom is 0.264 e. The summed E-state index contributed by atoms with van der Waals surface area (Å²) in [5.41, 5.74) is 2.08. The number of sulfonamides is 1. The quantitative estimate of drug-likeness (QED) is 0.314. The Hall–Kier alpha value is -3.36. The number of nitrogens with one attached hydrogen (secondary N) is 1. The molecule has 1 aliphatic carbocycles. The second kappa shape index (κ2) is 13.3. The summed E-state index contributed by atoms with van der Waals surface area (Å²) in [6, 6.07) is 21.6. The number of nitrogens with zero attached hydrogens (tertiary/aromatic N) is 2. The van der Waals surface area contributed by atoms with E-state index >= 15 is 0 Å². The molecule has 0 aromatic heterocycles. The molecule has 2 amide bonds. The second-order valence-electron chi connectivity index (χ2n) is 10.2. The molecule has 1 atom stereocenters. The minimum atomic E-state index is -4.16. The number of amides is 2. The normalized spacial score (nSPS) is 14.5. The molecule has 1 N–H and O–H groups in total. The van der Waals surface area contributed by atoms with Crippen LogP contribution in [0.2, 0.25) is 5.02 Å². The van der Waals surface area contributed by atoms with E-state index in [-0.39, 0.29) is 34.1 Å². The molecule has 3 aromatic carbocycles. The Kier molecular flexibility index (Phi) is 9.87. The van der Waals surface area contributed by atoms with Crippen LogP contribution >= 0.6 is 11.6 Å². The van der Waals surface area contributed by atoms with Gasteiger partial charge in [0.2, 0.25) is 11.8 Å². The van der Waals surface area contributed by atoms with Gasteiger partial charge >= 0.3 is 0 Å². The van der Waals surface area contributed by atoms with Gasteiger partial charge in [-0.3, -0.25) is 13.9 Å². The highest BCUT2D eigenvalue weighted by Crippen LogP contribution is 2.31. The molecule has 40 heavy (non-hydrogen) atoms. The molecule has 0 unspecified atom stereocenters. The van der Waals surface area contributed by atoms with E-state index in [1.54, 1.807) is 42.5 Å². The molecular weight excluding hydrogens is 546 g/mol. The molecule has 1 fully saturated rings. The standard InChI is InChI=1S/C31H36ClN3O4S/c1-3-28(31(37)33-25-14-7-8-15-25)34(21-24-13-11-12-23(2)20-24)30(36)22-35(29-19-10-9-18-27(29)32)40(38,39)26-16-5-4-6-17-26/h4-6,9-13,16-20,25,28H,3,7-8,14-15,21-22H2,1-2H3,(H,33,37)/t28-/m0/s1. The number of carbonyl (C=O) groups excluding carboxylic acids is 2. The van der Waals surface area contributed by atoms with E-state index in [0.29, 0.717) is 6.42 Å². The molecule has 7 nitrogen and oxygen atoms in total. The molecule has 9 heteroatoms. The Bertz CT molecular complexity index is 1430. The lowest BCUT2D eigenvalue weighted by Crippen LogP contribution is -2.53. The van der Waals surface area contributed by atoms with Crippen LogP contribution in [0.1, 0.15) is 50.2 Å². The van der Waals surface area contributed by atoms with Crippen LogP contribution in [0.15, 0.2) is 83.8 Å². The molecule has 0 radical (unpaired) electrons. The number of aryl methyl sites for hydroxylation is 1. The number of hydrogen-bond donors (Lipinski definition) is 1. The van der Waals surface area contributed by atoms with Crippen molar-refractivity contribution in [3.05, 3.63) is 95.0 Å². The second-order valence-corrected chi connectivity index (χ2v) is 12.5. The van der Waals surface area contributed by atoms with E-state index in [2.05, 4.69) is 5.32 Å². The highest BCUT2D eigenvalue weighted by atomic mass is 35.5. The SMILES string of the molecule is CC[C@@H](C(=O)NC1CCCC1)N(Cc1cccc(C)c1)C(=O)CN(c1ccccc1Cl)S(=O)(=O)c1ccccc1. The number of anilines is 1. The molecule has 3 aromatic rings. The van der Waals surface area contributed by atoms with Crippen LogP contribution in [0.3, 0.4) is 0 Å². The van der Waals surface area contributed by atoms with E-state index in [0.717, 1.165) is 41.1 Å². The van der Waals surface area contributed by atoms with Crippen molar-refractivity contribution >= 4 is 39.1 Å². The van der Waals surface area contributed by atoms with Gasteiger partial charge < -0.3 is 10.2 Å². The number of para-hydroxylation sites is 1. The smallest absolute Gasteiger partial charge is 0.264 e. The Labute approximate surface area is 242 Å². The van der Waals surface area contributed by atoms with Gasteiger partial charge in [-0.25, -0.2) is 8.42 Å². The monoisotopic (exact) mass is 581 g/mol. The predicted molar refractivity (Wildman–Crippen MR) is 159 cm³/mol. The van der Waals surface area contributed by atoms with Gasteiger partial charge in [0, 0.05) is 12.6 Å². The van der Waals surface area contributed by atoms with Crippen LogP contribution in [0.25, 0.3) is 0 Å². The number of hydrogen-bond acceptors (Lipinski definition) is 4. The molecule has 1 aliphatic rings. The number of carbonyl (C=O) groups is 2. The van der Waals surface area contributed by atoms with Crippen molar-refractivity contribution in [1.29, 1.82) is 0 Å². The van der Waals surface area contributed by atoms with Gasteiger partial charge in [-0.2, -0.15) is 0 Å². The Morgan fingerprint density at radius 1 is 0.975 bits per heavy atom. The third-order valence-electron chi connectivity index (χ3n) is 7.25. The highest BCUT2D eigenvalue weighted by molar-refractivity contribution is 7.92. The maximum absolute atomic E-state index is 14.1. The molecule has 0 spiro atoms. The summed E-state index contributed by atoms with van der Waals surface area (Å²) in [7, 11) is -4.16. The molecule has 4 rings (SSSR count). The van der Waals surface area contributed by atoms with E-state index < -0.39 is 28.5 Å². The fourth-order valence-corrected chi connectivity index (χ4v) is 6.92. The molecule has 1 saturated carbocycles. The summed E-state index contributed by atoms with van der Waals surface area (Å²) in [6.45, 7) is 3.48. The summed E-state index contributed by atoms with van der Waals surface area (Å²) in [6.07, 6.45) is 4.36. The average molecular weight is 582 g/mol. The molecule has 0 bridgehead atoms. The molecule has 0 aliphatic heterocycles.